The highest BCUT2D eigenvalue weighted by Gasteiger charge is 2.18. The van der Waals surface area contributed by atoms with Crippen LogP contribution in [0.15, 0.2) is 49.2 Å². The molecular formula is C20H23N3O2. The molecule has 2 N–H and O–H groups in total. The maximum Gasteiger partial charge on any atom is 0.251 e. The van der Waals surface area contributed by atoms with Crippen molar-refractivity contribution in [3.8, 4) is 5.75 Å². The molecule has 1 aliphatic heterocycles. The zero-order valence-electron chi connectivity index (χ0n) is 14.2. The first-order valence-corrected chi connectivity index (χ1v) is 8.60. The number of benzene rings is 1. The Bertz CT molecular complexity index is 725. The average Bonchev–Trinajstić information content (AvgIpc) is 3.20. The molecule has 1 saturated heterocycles. The lowest BCUT2D eigenvalue weighted by Gasteiger charge is -2.14. The molecule has 1 aliphatic rings. The molecule has 1 atom stereocenters. The molecule has 5 heteroatoms. The Kier molecular flexibility index (Phi) is 5.80. The summed E-state index contributed by atoms with van der Waals surface area (Å²) in [5, 5.41) is 6.31. The van der Waals surface area contributed by atoms with Crippen molar-refractivity contribution < 1.29 is 9.53 Å². The molecule has 0 radical (unpaired) electrons. The largest absolute Gasteiger partial charge is 0.489 e. The van der Waals surface area contributed by atoms with Crippen LogP contribution in [0.2, 0.25) is 0 Å². The smallest absolute Gasteiger partial charge is 0.251 e. The minimum absolute atomic E-state index is 0.102. The maximum atomic E-state index is 12.0. The molecule has 5 nitrogen and oxygen atoms in total. The molecule has 2 aromatic rings. The zero-order valence-corrected chi connectivity index (χ0v) is 14.2. The molecule has 0 unspecified atom stereocenters. The summed E-state index contributed by atoms with van der Waals surface area (Å²) in [6.07, 6.45) is 5.85. The van der Waals surface area contributed by atoms with Crippen LogP contribution in [0.3, 0.4) is 0 Å². The van der Waals surface area contributed by atoms with Gasteiger partial charge in [0, 0.05) is 17.8 Å². The summed E-state index contributed by atoms with van der Waals surface area (Å²) in [6, 6.07) is 11.5. The van der Waals surface area contributed by atoms with Crippen molar-refractivity contribution in [2.75, 3.05) is 19.7 Å². The molecular weight excluding hydrogens is 314 g/mol. The number of carbonyl (C=O) groups excluding carboxylic acids is 1. The van der Waals surface area contributed by atoms with Crippen LogP contribution in [0.5, 0.6) is 5.75 Å². The van der Waals surface area contributed by atoms with E-state index in [9.17, 15) is 4.79 Å². The van der Waals surface area contributed by atoms with Crippen LogP contribution >= 0.6 is 0 Å². The van der Waals surface area contributed by atoms with Gasteiger partial charge in [-0.3, -0.25) is 9.78 Å². The molecule has 1 aromatic heterocycles. The highest BCUT2D eigenvalue weighted by Crippen LogP contribution is 2.27. The molecule has 0 spiro atoms. The Morgan fingerprint density at radius 3 is 2.96 bits per heavy atom. The van der Waals surface area contributed by atoms with Gasteiger partial charge < -0.3 is 15.4 Å². The van der Waals surface area contributed by atoms with Crippen LogP contribution < -0.4 is 15.4 Å². The number of hydrogen-bond acceptors (Lipinski definition) is 4. The number of nitrogens with one attached hydrogen (secondary N) is 2. The lowest BCUT2D eigenvalue weighted by Crippen LogP contribution is -2.28. The Hall–Kier alpha value is -2.66. The van der Waals surface area contributed by atoms with Crippen molar-refractivity contribution in [2.45, 2.75) is 18.9 Å². The molecule has 0 bridgehead atoms. The molecule has 130 valence electrons. The van der Waals surface area contributed by atoms with E-state index in [4.69, 9.17) is 4.74 Å². The zero-order chi connectivity index (χ0) is 17.5. The van der Waals surface area contributed by atoms with Crippen molar-refractivity contribution in [3.05, 3.63) is 66.0 Å². The summed E-state index contributed by atoms with van der Waals surface area (Å²) < 4.78 is 5.84. The Labute approximate surface area is 148 Å². The molecule has 2 heterocycles. The van der Waals surface area contributed by atoms with Crippen molar-refractivity contribution >= 4 is 12.0 Å². The van der Waals surface area contributed by atoms with Crippen molar-refractivity contribution in [2.24, 2.45) is 0 Å². The topological polar surface area (TPSA) is 63.3 Å². The van der Waals surface area contributed by atoms with Crippen molar-refractivity contribution in [1.82, 2.24) is 15.6 Å². The van der Waals surface area contributed by atoms with Gasteiger partial charge >= 0.3 is 0 Å². The minimum Gasteiger partial charge on any atom is -0.489 e. The fraction of sp³-hybridized carbons (Fsp3) is 0.300. The number of nitrogens with zero attached hydrogens (tertiary/aromatic N) is 1. The number of rotatable bonds is 7. The number of aromatic nitrogens is 1. The maximum absolute atomic E-state index is 12.0. The van der Waals surface area contributed by atoms with Crippen LogP contribution in [0.1, 0.15) is 40.5 Å². The SMILES string of the molecule is C=Cc1ncc([C@@H]2CCCN2)cc1OCCNC(=O)c1ccccc1. The van der Waals surface area contributed by atoms with Gasteiger partial charge in [-0.15, -0.1) is 0 Å². The Morgan fingerprint density at radius 1 is 1.40 bits per heavy atom. The van der Waals surface area contributed by atoms with Crippen molar-refractivity contribution in [1.29, 1.82) is 0 Å². The summed E-state index contributed by atoms with van der Waals surface area (Å²) in [4.78, 5) is 16.4. The van der Waals surface area contributed by atoms with E-state index in [2.05, 4.69) is 22.2 Å². The van der Waals surface area contributed by atoms with Gasteiger partial charge in [0.05, 0.1) is 6.54 Å². The summed E-state index contributed by atoms with van der Waals surface area (Å²) in [7, 11) is 0. The fourth-order valence-corrected chi connectivity index (χ4v) is 2.92. The summed E-state index contributed by atoms with van der Waals surface area (Å²) in [6.45, 7) is 5.63. The Morgan fingerprint density at radius 2 is 2.24 bits per heavy atom. The van der Waals surface area contributed by atoms with Gasteiger partial charge in [0.2, 0.25) is 0 Å². The van der Waals surface area contributed by atoms with E-state index in [-0.39, 0.29) is 5.91 Å². The number of carbonyl (C=O) groups is 1. The van der Waals surface area contributed by atoms with E-state index in [1.54, 1.807) is 18.2 Å². The molecule has 3 rings (SSSR count). The van der Waals surface area contributed by atoms with Gasteiger partial charge in [-0.05, 0) is 49.2 Å². The van der Waals surface area contributed by atoms with E-state index >= 15 is 0 Å². The minimum atomic E-state index is -0.102. The van der Waals surface area contributed by atoms with E-state index in [1.807, 2.05) is 30.5 Å². The van der Waals surface area contributed by atoms with Gasteiger partial charge in [-0.2, -0.15) is 0 Å². The second kappa shape index (κ2) is 8.44. The molecule has 25 heavy (non-hydrogen) atoms. The molecule has 1 amide bonds. The molecule has 1 fully saturated rings. The third-order valence-electron chi connectivity index (χ3n) is 4.24. The van der Waals surface area contributed by atoms with Crippen LogP contribution in [-0.4, -0.2) is 30.6 Å². The number of amides is 1. The summed E-state index contributed by atoms with van der Waals surface area (Å²) >= 11 is 0. The second-order valence-electron chi connectivity index (χ2n) is 5.98. The van der Waals surface area contributed by atoms with Crippen LogP contribution in [-0.2, 0) is 0 Å². The normalized spacial score (nSPS) is 16.4. The first-order valence-electron chi connectivity index (χ1n) is 8.60. The number of ether oxygens (including phenoxy) is 1. The molecule has 1 aromatic carbocycles. The monoisotopic (exact) mass is 337 g/mol. The highest BCUT2D eigenvalue weighted by atomic mass is 16.5. The molecule has 0 saturated carbocycles. The van der Waals surface area contributed by atoms with Gasteiger partial charge in [-0.1, -0.05) is 24.8 Å². The molecule has 0 aliphatic carbocycles. The lowest BCUT2D eigenvalue weighted by molar-refractivity contribution is 0.0947. The quantitative estimate of drug-likeness (QED) is 0.763. The Balaban J connectivity index is 1.55. The van der Waals surface area contributed by atoms with Crippen LogP contribution in [0, 0.1) is 0 Å². The highest BCUT2D eigenvalue weighted by molar-refractivity contribution is 5.94. The standard InChI is InChI=1S/C20H23N3O2/c1-2-17-19(13-16(14-23-17)18-9-6-10-21-18)25-12-11-22-20(24)15-7-4-3-5-8-15/h2-5,7-8,13-14,18,21H,1,6,9-12H2,(H,22,24)/t18-/m0/s1. The van der Waals surface area contributed by atoms with Gasteiger partial charge in [0.1, 0.15) is 18.1 Å². The lowest BCUT2D eigenvalue weighted by atomic mass is 10.1. The van der Waals surface area contributed by atoms with E-state index in [0.717, 1.165) is 24.2 Å². The van der Waals surface area contributed by atoms with Gasteiger partial charge in [0.25, 0.3) is 5.91 Å². The number of pyridine rings is 1. The summed E-state index contributed by atoms with van der Waals surface area (Å²) in [5.41, 5.74) is 2.49. The van der Waals surface area contributed by atoms with E-state index in [0.29, 0.717) is 30.5 Å². The van der Waals surface area contributed by atoms with Gasteiger partial charge in [-0.25, -0.2) is 0 Å². The fourth-order valence-electron chi connectivity index (χ4n) is 2.92. The van der Waals surface area contributed by atoms with Crippen LogP contribution in [0.4, 0.5) is 0 Å². The van der Waals surface area contributed by atoms with E-state index in [1.165, 1.54) is 6.42 Å². The second-order valence-corrected chi connectivity index (χ2v) is 5.98. The predicted molar refractivity (Wildman–Crippen MR) is 98.6 cm³/mol. The van der Waals surface area contributed by atoms with Crippen LogP contribution in [0.25, 0.3) is 6.08 Å². The van der Waals surface area contributed by atoms with Crippen molar-refractivity contribution in [3.63, 3.8) is 0 Å². The first-order chi connectivity index (χ1) is 12.3. The average molecular weight is 337 g/mol. The summed E-state index contributed by atoms with van der Waals surface area (Å²) in [5.74, 6) is 0.602. The third kappa shape index (κ3) is 4.45. The number of hydrogen-bond donors (Lipinski definition) is 2. The van der Waals surface area contributed by atoms with E-state index < -0.39 is 0 Å². The van der Waals surface area contributed by atoms with Gasteiger partial charge in [0.15, 0.2) is 0 Å². The third-order valence-corrected chi connectivity index (χ3v) is 4.24. The first kappa shape index (κ1) is 17.2. The predicted octanol–water partition coefficient (Wildman–Crippen LogP) is 2.96.